The third-order valence-corrected chi connectivity index (χ3v) is 7.58. The van der Waals surface area contributed by atoms with Crippen LogP contribution in [0.5, 0.6) is 0 Å². The predicted molar refractivity (Wildman–Crippen MR) is 111 cm³/mol. The van der Waals surface area contributed by atoms with E-state index in [-0.39, 0.29) is 17.8 Å². The van der Waals surface area contributed by atoms with Crippen LogP contribution in [-0.2, 0) is 23.8 Å². The number of carbonyl (C=O) groups excluding carboxylic acids is 2. The molecular weight excluding hydrogens is 509 g/mol. The summed E-state index contributed by atoms with van der Waals surface area (Å²) in [6.45, 7) is -0.196. The van der Waals surface area contributed by atoms with Crippen LogP contribution in [-0.4, -0.2) is 48.3 Å². The Balaban J connectivity index is 1.75. The lowest BCUT2D eigenvalue weighted by atomic mass is 9.49. The fourth-order valence-corrected chi connectivity index (χ4v) is 6.14. The van der Waals surface area contributed by atoms with Crippen molar-refractivity contribution in [2.24, 2.45) is 23.2 Å². The molecule has 4 fully saturated rings. The van der Waals surface area contributed by atoms with E-state index in [9.17, 15) is 40.3 Å². The summed E-state index contributed by atoms with van der Waals surface area (Å²) in [5.41, 5.74) is -1.15. The lowest BCUT2D eigenvalue weighted by Gasteiger charge is -2.55. The van der Waals surface area contributed by atoms with E-state index < -0.39 is 73.0 Å². The molecule has 0 aromatic heterocycles. The van der Waals surface area contributed by atoms with Gasteiger partial charge in [-0.25, -0.2) is 4.79 Å². The maximum absolute atomic E-state index is 14.2. The molecule has 35 heavy (non-hydrogen) atoms. The first-order valence-electron chi connectivity index (χ1n) is 11.6. The average molecular weight is 539 g/mol. The fraction of sp³-hybridized carbons (Fsp3) is 0.909. The molecule has 0 aromatic carbocycles. The first kappa shape index (κ1) is 28.3. The summed E-state index contributed by atoms with van der Waals surface area (Å²) in [6, 6.07) is 0. The summed E-state index contributed by atoms with van der Waals surface area (Å²) in [7, 11) is 0. The summed E-state index contributed by atoms with van der Waals surface area (Å²) >= 11 is 2.54. The van der Waals surface area contributed by atoms with Crippen LogP contribution < -0.4 is 0 Å². The minimum Gasteiger partial charge on any atom is -0.461 e. The number of unbranched alkanes of at least 4 members (excludes halogenated alkanes) is 1. The van der Waals surface area contributed by atoms with E-state index in [1.165, 1.54) is 6.92 Å². The molecule has 13 heteroatoms. The standard InChI is InChI=1S/C22H29F7O5S/c1-2-32-17(31)20(21(25,26)27,33-6-4-3-5-19(23,24)22(28,29)35)34-16(30)18-10-13-7-14(11-18)9-15(8-13)12-18/h13-15,35H,2-12H2,1H3. The van der Waals surface area contributed by atoms with Gasteiger partial charge in [0.05, 0.1) is 18.6 Å². The van der Waals surface area contributed by atoms with E-state index >= 15 is 0 Å². The van der Waals surface area contributed by atoms with Crippen LogP contribution in [0.1, 0.15) is 64.7 Å². The van der Waals surface area contributed by atoms with Crippen LogP contribution in [0.4, 0.5) is 30.7 Å². The fourth-order valence-electron chi connectivity index (χ4n) is 6.03. The van der Waals surface area contributed by atoms with Crippen LogP contribution in [0.25, 0.3) is 0 Å². The number of alkyl halides is 7. The van der Waals surface area contributed by atoms with Gasteiger partial charge in [0, 0.05) is 6.42 Å². The van der Waals surface area contributed by atoms with Crippen molar-refractivity contribution in [2.45, 2.75) is 87.9 Å². The highest BCUT2D eigenvalue weighted by molar-refractivity contribution is 7.81. The highest BCUT2D eigenvalue weighted by atomic mass is 32.1. The monoisotopic (exact) mass is 538 g/mol. The minimum atomic E-state index is -5.54. The van der Waals surface area contributed by atoms with Gasteiger partial charge in [-0.1, -0.05) is 12.6 Å². The summed E-state index contributed by atoms with van der Waals surface area (Å²) in [4.78, 5) is 25.7. The van der Waals surface area contributed by atoms with Crippen LogP contribution >= 0.6 is 12.6 Å². The molecular formula is C22H29F7O5S. The second-order valence-electron chi connectivity index (χ2n) is 9.97. The maximum atomic E-state index is 14.2. The highest BCUT2D eigenvalue weighted by Gasteiger charge is 2.69. The van der Waals surface area contributed by atoms with Gasteiger partial charge < -0.3 is 14.2 Å². The number of hydrogen-bond acceptors (Lipinski definition) is 6. The SMILES string of the molecule is CCOC(=O)C(OCCCCC(F)(F)C(F)(F)S)(OC(=O)C12CC3CC(CC(C3)C1)C2)C(F)(F)F. The first-order valence-corrected chi connectivity index (χ1v) is 12.1. The molecule has 5 nitrogen and oxygen atoms in total. The molecule has 4 saturated carbocycles. The molecule has 1 unspecified atom stereocenters. The molecule has 0 amide bonds. The van der Waals surface area contributed by atoms with Crippen molar-refractivity contribution in [3.05, 3.63) is 0 Å². The Morgan fingerprint density at radius 1 is 0.914 bits per heavy atom. The van der Waals surface area contributed by atoms with Gasteiger partial charge in [0.2, 0.25) is 0 Å². The van der Waals surface area contributed by atoms with Gasteiger partial charge in [-0.05, 0) is 76.0 Å². The topological polar surface area (TPSA) is 61.8 Å². The number of esters is 2. The molecule has 0 aromatic rings. The van der Waals surface area contributed by atoms with Crippen molar-refractivity contribution < 1.29 is 54.5 Å². The van der Waals surface area contributed by atoms with Crippen molar-refractivity contribution >= 4 is 24.6 Å². The van der Waals surface area contributed by atoms with Crippen LogP contribution in [0.3, 0.4) is 0 Å². The van der Waals surface area contributed by atoms with E-state index in [1.54, 1.807) is 0 Å². The Morgan fingerprint density at radius 2 is 1.43 bits per heavy atom. The summed E-state index contributed by atoms with van der Waals surface area (Å²) < 4.78 is 109. The molecule has 202 valence electrons. The smallest absolute Gasteiger partial charge is 0.461 e. The van der Waals surface area contributed by atoms with Gasteiger partial charge in [0.15, 0.2) is 0 Å². The summed E-state index contributed by atoms with van der Waals surface area (Å²) in [5.74, 6) is -11.2. The van der Waals surface area contributed by atoms with E-state index in [1.807, 2.05) is 0 Å². The predicted octanol–water partition coefficient (Wildman–Crippen LogP) is 5.91. The molecule has 4 aliphatic rings. The van der Waals surface area contributed by atoms with Gasteiger partial charge in [0.25, 0.3) is 0 Å². The highest BCUT2D eigenvalue weighted by Crippen LogP contribution is 2.61. The zero-order valence-corrected chi connectivity index (χ0v) is 20.0. The lowest BCUT2D eigenvalue weighted by molar-refractivity contribution is -0.359. The molecule has 0 spiro atoms. The number of thiol groups is 1. The zero-order valence-electron chi connectivity index (χ0n) is 19.1. The van der Waals surface area contributed by atoms with E-state index in [4.69, 9.17) is 9.47 Å². The molecule has 0 radical (unpaired) electrons. The normalized spacial score (nSPS) is 30.1. The number of rotatable bonds is 11. The molecule has 4 bridgehead atoms. The van der Waals surface area contributed by atoms with Crippen LogP contribution in [0, 0.1) is 23.2 Å². The zero-order chi connectivity index (χ0) is 26.3. The van der Waals surface area contributed by atoms with Gasteiger partial charge in [0.1, 0.15) is 0 Å². The lowest BCUT2D eigenvalue weighted by Crippen LogP contribution is -2.61. The third kappa shape index (κ3) is 5.70. The summed E-state index contributed by atoms with van der Waals surface area (Å²) in [5, 5.41) is -4.61. The number of halogens is 7. The van der Waals surface area contributed by atoms with Gasteiger partial charge in [-0.3, -0.25) is 4.79 Å². The maximum Gasteiger partial charge on any atom is 0.468 e. The van der Waals surface area contributed by atoms with Crippen molar-refractivity contribution in [2.75, 3.05) is 13.2 Å². The van der Waals surface area contributed by atoms with Crippen molar-refractivity contribution in [1.29, 1.82) is 0 Å². The Bertz CT molecular complexity index is 763. The average Bonchev–Trinajstić information content (AvgIpc) is 2.69. The third-order valence-electron chi connectivity index (χ3n) is 7.26. The molecule has 0 N–H and O–H groups in total. The Morgan fingerprint density at radius 3 is 1.86 bits per heavy atom. The Kier molecular flexibility index (Phi) is 8.02. The number of ether oxygens (including phenoxy) is 3. The molecule has 4 rings (SSSR count). The quantitative estimate of drug-likeness (QED) is 0.117. The molecule has 0 heterocycles. The van der Waals surface area contributed by atoms with Crippen molar-refractivity contribution in [3.8, 4) is 0 Å². The van der Waals surface area contributed by atoms with Crippen LogP contribution in [0.2, 0.25) is 0 Å². The second-order valence-corrected chi connectivity index (χ2v) is 10.5. The Labute approximate surface area is 203 Å². The number of carbonyl (C=O) groups is 2. The number of hydrogen-bond donors (Lipinski definition) is 1. The molecule has 4 aliphatic carbocycles. The molecule has 0 saturated heterocycles. The van der Waals surface area contributed by atoms with Crippen LogP contribution in [0.15, 0.2) is 0 Å². The van der Waals surface area contributed by atoms with Gasteiger partial charge in [-0.2, -0.15) is 30.7 Å². The van der Waals surface area contributed by atoms with E-state index in [0.717, 1.165) is 19.3 Å². The van der Waals surface area contributed by atoms with E-state index in [0.29, 0.717) is 19.3 Å². The second kappa shape index (κ2) is 9.90. The molecule has 1 atom stereocenters. The van der Waals surface area contributed by atoms with Gasteiger partial charge in [-0.15, -0.1) is 0 Å². The van der Waals surface area contributed by atoms with Crippen molar-refractivity contribution in [3.63, 3.8) is 0 Å². The largest absolute Gasteiger partial charge is 0.468 e. The molecule has 0 aliphatic heterocycles. The Hall–Kier alpha value is -1.24. The minimum absolute atomic E-state index is 0.198. The van der Waals surface area contributed by atoms with Crippen molar-refractivity contribution in [1.82, 2.24) is 0 Å². The van der Waals surface area contributed by atoms with Gasteiger partial charge >= 0.3 is 35.1 Å². The first-order chi connectivity index (χ1) is 16.1. The summed E-state index contributed by atoms with van der Waals surface area (Å²) in [6.07, 6.45) is -4.33. The van der Waals surface area contributed by atoms with E-state index in [2.05, 4.69) is 17.4 Å².